The molecule has 1 saturated heterocycles. The minimum atomic E-state index is -0.339. The van der Waals surface area contributed by atoms with E-state index in [2.05, 4.69) is 10.3 Å². The number of nitrogens with zero attached hydrogens (tertiary/aromatic N) is 5. The fourth-order valence-electron chi connectivity index (χ4n) is 3.74. The second-order valence-electron chi connectivity index (χ2n) is 7.29. The summed E-state index contributed by atoms with van der Waals surface area (Å²) in [6.45, 7) is 3.87. The van der Waals surface area contributed by atoms with Gasteiger partial charge in [-0.05, 0) is 18.1 Å². The molecule has 160 valence electrons. The number of ether oxygens (including phenoxy) is 1. The van der Waals surface area contributed by atoms with Crippen LogP contribution in [0.2, 0.25) is 0 Å². The molecule has 2 aromatic carbocycles. The number of hydrogen-bond donors (Lipinski definition) is 0. The van der Waals surface area contributed by atoms with Gasteiger partial charge in [0.2, 0.25) is 0 Å². The Morgan fingerprint density at radius 2 is 1.45 bits per heavy atom. The van der Waals surface area contributed by atoms with Gasteiger partial charge in [0.05, 0.1) is 12.8 Å². The van der Waals surface area contributed by atoms with Crippen LogP contribution < -0.4 is 0 Å². The Bertz CT molecular complexity index is 974. The molecule has 0 spiro atoms. The predicted molar refractivity (Wildman–Crippen MR) is 115 cm³/mol. The molecule has 0 atom stereocenters. The summed E-state index contributed by atoms with van der Waals surface area (Å²) in [7, 11) is 0. The lowest BCUT2D eigenvalue weighted by Crippen LogP contribution is -2.50. The zero-order valence-electron chi connectivity index (χ0n) is 17.4. The van der Waals surface area contributed by atoms with E-state index in [4.69, 9.17) is 4.74 Å². The average Bonchev–Trinajstić information content (AvgIpc) is 3.30. The van der Waals surface area contributed by atoms with Gasteiger partial charge in [0, 0.05) is 26.2 Å². The molecule has 2 amide bonds. The Hall–Kier alpha value is -3.68. The Morgan fingerprint density at radius 3 is 2.00 bits per heavy atom. The molecule has 4 rings (SSSR count). The van der Waals surface area contributed by atoms with E-state index in [1.807, 2.05) is 60.7 Å². The lowest BCUT2D eigenvalue weighted by Gasteiger charge is -2.33. The van der Waals surface area contributed by atoms with E-state index in [1.54, 1.807) is 27.6 Å². The monoisotopic (exact) mass is 419 g/mol. The molecular weight excluding hydrogens is 394 g/mol. The number of rotatable bonds is 5. The normalized spacial score (nSPS) is 14.0. The van der Waals surface area contributed by atoms with Crippen LogP contribution in [0.5, 0.6) is 0 Å². The van der Waals surface area contributed by atoms with E-state index < -0.39 is 0 Å². The first-order valence-corrected chi connectivity index (χ1v) is 10.4. The fraction of sp³-hybridized carbons (Fsp3) is 0.304. The second kappa shape index (κ2) is 9.42. The lowest BCUT2D eigenvalue weighted by molar-refractivity contribution is 0.0566. The smallest absolute Gasteiger partial charge is 0.409 e. The number of amides is 2. The summed E-state index contributed by atoms with van der Waals surface area (Å²) in [6, 6.07) is 19.8. The molecule has 0 bridgehead atoms. The van der Waals surface area contributed by atoms with Crippen molar-refractivity contribution in [3.63, 3.8) is 0 Å². The number of benzene rings is 2. The second-order valence-corrected chi connectivity index (χ2v) is 7.29. The quantitative estimate of drug-likeness (QED) is 0.635. The fourth-order valence-corrected chi connectivity index (χ4v) is 3.74. The summed E-state index contributed by atoms with van der Waals surface area (Å²) in [6.07, 6.45) is 1.36. The van der Waals surface area contributed by atoms with E-state index >= 15 is 0 Å². The van der Waals surface area contributed by atoms with Crippen LogP contribution >= 0.6 is 0 Å². The molecule has 1 aromatic heterocycles. The van der Waals surface area contributed by atoms with Gasteiger partial charge < -0.3 is 14.5 Å². The van der Waals surface area contributed by atoms with E-state index in [-0.39, 0.29) is 18.0 Å². The van der Waals surface area contributed by atoms with Crippen molar-refractivity contribution in [1.82, 2.24) is 24.8 Å². The van der Waals surface area contributed by atoms with Gasteiger partial charge in [-0.3, -0.25) is 4.79 Å². The number of hydrogen-bond acceptors (Lipinski definition) is 5. The van der Waals surface area contributed by atoms with Crippen LogP contribution in [0.4, 0.5) is 4.79 Å². The van der Waals surface area contributed by atoms with Crippen LogP contribution in [0, 0.1) is 0 Å². The first-order valence-electron chi connectivity index (χ1n) is 10.4. The van der Waals surface area contributed by atoms with Crippen molar-refractivity contribution < 1.29 is 14.3 Å². The third kappa shape index (κ3) is 4.58. The van der Waals surface area contributed by atoms with Crippen molar-refractivity contribution in [2.45, 2.75) is 13.0 Å². The van der Waals surface area contributed by atoms with Gasteiger partial charge in [-0.2, -0.15) is 0 Å². The molecule has 0 aliphatic carbocycles. The minimum Gasteiger partial charge on any atom is -0.450 e. The maximum absolute atomic E-state index is 13.0. The third-order valence-corrected chi connectivity index (χ3v) is 5.32. The summed E-state index contributed by atoms with van der Waals surface area (Å²) >= 11 is 0. The molecule has 8 heteroatoms. The topological polar surface area (TPSA) is 80.6 Å². The molecule has 0 saturated carbocycles. The van der Waals surface area contributed by atoms with E-state index in [0.717, 1.165) is 11.1 Å². The van der Waals surface area contributed by atoms with Crippen LogP contribution in [-0.4, -0.2) is 69.6 Å². The minimum absolute atomic E-state index is 0.183. The summed E-state index contributed by atoms with van der Waals surface area (Å²) < 4.78 is 6.76. The van der Waals surface area contributed by atoms with Gasteiger partial charge in [0.1, 0.15) is 6.04 Å². The van der Waals surface area contributed by atoms with Crippen LogP contribution in [0.25, 0.3) is 0 Å². The highest BCUT2D eigenvalue weighted by molar-refractivity contribution is 5.92. The van der Waals surface area contributed by atoms with Gasteiger partial charge in [0.25, 0.3) is 5.91 Å². The zero-order valence-corrected chi connectivity index (χ0v) is 17.4. The highest BCUT2D eigenvalue weighted by Crippen LogP contribution is 2.26. The van der Waals surface area contributed by atoms with Gasteiger partial charge in [-0.1, -0.05) is 65.9 Å². The molecule has 1 aliphatic heterocycles. The first kappa shape index (κ1) is 20.6. The number of carbonyl (C=O) groups excluding carboxylic acids is 2. The number of piperazine rings is 1. The van der Waals surface area contributed by atoms with E-state index in [0.29, 0.717) is 38.5 Å². The Balaban J connectivity index is 1.51. The predicted octanol–water partition coefficient (Wildman–Crippen LogP) is 2.83. The Kier molecular flexibility index (Phi) is 6.26. The van der Waals surface area contributed by atoms with Gasteiger partial charge in [0.15, 0.2) is 5.69 Å². The maximum atomic E-state index is 13.0. The first-order chi connectivity index (χ1) is 15.2. The van der Waals surface area contributed by atoms with Crippen molar-refractivity contribution >= 4 is 12.0 Å². The van der Waals surface area contributed by atoms with E-state index in [1.165, 1.54) is 0 Å². The molecule has 31 heavy (non-hydrogen) atoms. The Morgan fingerprint density at radius 1 is 0.903 bits per heavy atom. The molecule has 8 nitrogen and oxygen atoms in total. The van der Waals surface area contributed by atoms with Crippen molar-refractivity contribution in [3.8, 4) is 0 Å². The van der Waals surface area contributed by atoms with Crippen LogP contribution in [0.15, 0.2) is 66.9 Å². The number of aromatic nitrogens is 3. The standard InChI is InChI=1S/C23H25N5O3/c1-2-31-23(30)27-15-13-26(14-16-27)22(29)20-17-28(25-24-20)21(18-9-5-3-6-10-18)19-11-7-4-8-12-19/h3-12,17,21H,2,13-16H2,1H3. The Labute approximate surface area is 181 Å². The summed E-state index contributed by atoms with van der Waals surface area (Å²) in [4.78, 5) is 28.2. The van der Waals surface area contributed by atoms with Crippen molar-refractivity contribution in [3.05, 3.63) is 83.7 Å². The van der Waals surface area contributed by atoms with Gasteiger partial charge in [-0.15, -0.1) is 5.10 Å². The number of carbonyl (C=O) groups is 2. The van der Waals surface area contributed by atoms with Gasteiger partial charge in [-0.25, -0.2) is 9.48 Å². The van der Waals surface area contributed by atoms with Gasteiger partial charge >= 0.3 is 6.09 Å². The van der Waals surface area contributed by atoms with E-state index in [9.17, 15) is 9.59 Å². The molecule has 3 aromatic rings. The lowest BCUT2D eigenvalue weighted by atomic mass is 9.99. The average molecular weight is 419 g/mol. The van der Waals surface area contributed by atoms with Crippen molar-refractivity contribution in [2.75, 3.05) is 32.8 Å². The van der Waals surface area contributed by atoms with Crippen molar-refractivity contribution in [1.29, 1.82) is 0 Å². The zero-order chi connectivity index (χ0) is 21.6. The third-order valence-electron chi connectivity index (χ3n) is 5.32. The molecule has 1 aliphatic rings. The maximum Gasteiger partial charge on any atom is 0.409 e. The molecule has 1 fully saturated rings. The molecule has 2 heterocycles. The molecule has 0 radical (unpaired) electrons. The molecule has 0 unspecified atom stereocenters. The SMILES string of the molecule is CCOC(=O)N1CCN(C(=O)c2cn(C(c3ccccc3)c3ccccc3)nn2)CC1. The highest BCUT2D eigenvalue weighted by Gasteiger charge is 2.28. The van der Waals surface area contributed by atoms with Crippen molar-refractivity contribution in [2.24, 2.45) is 0 Å². The highest BCUT2D eigenvalue weighted by atomic mass is 16.6. The van der Waals surface area contributed by atoms with Crippen LogP contribution in [-0.2, 0) is 4.74 Å². The molecular formula is C23H25N5O3. The summed E-state index contributed by atoms with van der Waals surface area (Å²) in [5.41, 5.74) is 2.41. The molecule has 0 N–H and O–H groups in total. The van der Waals surface area contributed by atoms with Crippen LogP contribution in [0.1, 0.15) is 34.6 Å². The summed E-state index contributed by atoms with van der Waals surface area (Å²) in [5, 5.41) is 8.45. The van der Waals surface area contributed by atoms with Crippen LogP contribution in [0.3, 0.4) is 0 Å². The summed E-state index contributed by atoms with van der Waals surface area (Å²) in [5.74, 6) is -0.186. The largest absolute Gasteiger partial charge is 0.450 e.